The minimum atomic E-state index is -0.878. The standard InChI is InChI=1S/C12H9Cl2NO2S/c13-8-2-1-7(10(14)4-8)3-11-15-9(6-18-11)5-12(16)17/h1-2,4,6H,3,5H2,(H,16,17). The van der Waals surface area contributed by atoms with Crippen LogP contribution in [0.2, 0.25) is 10.0 Å². The molecule has 1 aromatic heterocycles. The molecule has 1 N–H and O–H groups in total. The van der Waals surface area contributed by atoms with E-state index in [9.17, 15) is 4.79 Å². The fourth-order valence-electron chi connectivity index (χ4n) is 1.49. The average Bonchev–Trinajstić information content (AvgIpc) is 2.69. The number of rotatable bonds is 4. The molecule has 0 aliphatic carbocycles. The Bertz CT molecular complexity index is 583. The highest BCUT2D eigenvalue weighted by Crippen LogP contribution is 2.24. The topological polar surface area (TPSA) is 50.2 Å². The second-order valence-electron chi connectivity index (χ2n) is 3.72. The van der Waals surface area contributed by atoms with E-state index >= 15 is 0 Å². The van der Waals surface area contributed by atoms with E-state index in [1.165, 1.54) is 11.3 Å². The third kappa shape index (κ3) is 3.45. The zero-order valence-electron chi connectivity index (χ0n) is 9.19. The lowest BCUT2D eigenvalue weighted by atomic mass is 10.1. The Morgan fingerprint density at radius 2 is 2.17 bits per heavy atom. The summed E-state index contributed by atoms with van der Waals surface area (Å²) in [5.74, 6) is -0.878. The van der Waals surface area contributed by atoms with Crippen LogP contribution in [0.1, 0.15) is 16.3 Å². The largest absolute Gasteiger partial charge is 0.481 e. The first-order valence-electron chi connectivity index (χ1n) is 5.13. The van der Waals surface area contributed by atoms with Crippen molar-refractivity contribution in [1.29, 1.82) is 0 Å². The summed E-state index contributed by atoms with van der Waals surface area (Å²) in [6.45, 7) is 0. The molecule has 3 nitrogen and oxygen atoms in total. The van der Waals surface area contributed by atoms with Crippen molar-refractivity contribution in [2.75, 3.05) is 0 Å². The molecule has 0 atom stereocenters. The molecule has 0 saturated heterocycles. The summed E-state index contributed by atoms with van der Waals surface area (Å²) in [4.78, 5) is 14.8. The Morgan fingerprint density at radius 3 is 2.83 bits per heavy atom. The van der Waals surface area contributed by atoms with Crippen molar-refractivity contribution in [3.63, 3.8) is 0 Å². The molecule has 0 amide bonds. The SMILES string of the molecule is O=C(O)Cc1csc(Cc2ccc(Cl)cc2Cl)n1. The molecular weight excluding hydrogens is 293 g/mol. The monoisotopic (exact) mass is 301 g/mol. The lowest BCUT2D eigenvalue weighted by molar-refractivity contribution is -0.136. The van der Waals surface area contributed by atoms with Crippen molar-refractivity contribution in [1.82, 2.24) is 4.98 Å². The highest BCUT2D eigenvalue weighted by molar-refractivity contribution is 7.09. The molecule has 6 heteroatoms. The van der Waals surface area contributed by atoms with Gasteiger partial charge in [0, 0.05) is 21.8 Å². The first-order valence-corrected chi connectivity index (χ1v) is 6.77. The summed E-state index contributed by atoms with van der Waals surface area (Å²) in [5, 5.41) is 12.5. The molecule has 0 aliphatic heterocycles. The number of thiazole rings is 1. The van der Waals surface area contributed by atoms with Crippen LogP contribution in [-0.2, 0) is 17.6 Å². The molecule has 2 rings (SSSR count). The van der Waals surface area contributed by atoms with Crippen LogP contribution in [-0.4, -0.2) is 16.1 Å². The summed E-state index contributed by atoms with van der Waals surface area (Å²) >= 11 is 13.3. The van der Waals surface area contributed by atoms with Crippen LogP contribution in [0.15, 0.2) is 23.6 Å². The predicted octanol–water partition coefficient (Wildman–Crippen LogP) is 3.67. The molecule has 0 fully saturated rings. The molecule has 0 aliphatic rings. The number of nitrogens with zero attached hydrogens (tertiary/aromatic N) is 1. The van der Waals surface area contributed by atoms with Gasteiger partial charge in [0.2, 0.25) is 0 Å². The Hall–Kier alpha value is -1.10. The van der Waals surface area contributed by atoms with Crippen molar-refractivity contribution in [3.8, 4) is 0 Å². The number of carboxylic acids is 1. The van der Waals surface area contributed by atoms with Crippen LogP contribution >= 0.6 is 34.5 Å². The van der Waals surface area contributed by atoms with Gasteiger partial charge in [0.25, 0.3) is 0 Å². The Morgan fingerprint density at radius 1 is 1.39 bits per heavy atom. The van der Waals surface area contributed by atoms with Crippen molar-refractivity contribution < 1.29 is 9.90 Å². The maximum atomic E-state index is 10.6. The third-order valence-corrected chi connectivity index (χ3v) is 3.77. The molecular formula is C12H9Cl2NO2S. The number of hydrogen-bond donors (Lipinski definition) is 1. The summed E-state index contributed by atoms with van der Waals surface area (Å²) in [6, 6.07) is 5.31. The van der Waals surface area contributed by atoms with Crippen molar-refractivity contribution in [2.24, 2.45) is 0 Å². The minimum absolute atomic E-state index is 0.0507. The summed E-state index contributed by atoms with van der Waals surface area (Å²) in [7, 11) is 0. The maximum absolute atomic E-state index is 10.6. The number of halogens is 2. The summed E-state index contributed by atoms with van der Waals surface area (Å²) in [6.07, 6.45) is 0.533. The fourth-order valence-corrected chi connectivity index (χ4v) is 2.79. The number of carboxylic acid groups (broad SMARTS) is 1. The number of benzene rings is 1. The Kier molecular flexibility index (Phi) is 4.22. The van der Waals surface area contributed by atoms with Crippen molar-refractivity contribution in [3.05, 3.63) is 49.9 Å². The van der Waals surface area contributed by atoms with Crippen molar-refractivity contribution >= 4 is 40.5 Å². The summed E-state index contributed by atoms with van der Waals surface area (Å²) in [5.41, 5.74) is 1.50. The van der Waals surface area contributed by atoms with E-state index in [1.54, 1.807) is 17.5 Å². The van der Waals surface area contributed by atoms with Gasteiger partial charge in [-0.15, -0.1) is 11.3 Å². The van der Waals surface area contributed by atoms with Crippen LogP contribution in [0, 0.1) is 0 Å². The van der Waals surface area contributed by atoms with Crippen LogP contribution in [0.5, 0.6) is 0 Å². The normalized spacial score (nSPS) is 10.6. The zero-order valence-corrected chi connectivity index (χ0v) is 11.5. The Balaban J connectivity index is 2.13. The van der Waals surface area contributed by atoms with Crippen molar-refractivity contribution in [2.45, 2.75) is 12.8 Å². The van der Waals surface area contributed by atoms with Gasteiger partial charge in [0.1, 0.15) is 0 Å². The zero-order chi connectivity index (χ0) is 13.1. The molecule has 0 spiro atoms. The van der Waals surface area contributed by atoms with E-state index in [4.69, 9.17) is 28.3 Å². The first-order chi connectivity index (χ1) is 8.54. The highest BCUT2D eigenvalue weighted by Gasteiger charge is 2.08. The first kappa shape index (κ1) is 13.3. The number of hydrogen-bond acceptors (Lipinski definition) is 3. The van der Waals surface area contributed by atoms with Gasteiger partial charge < -0.3 is 5.11 Å². The Labute approximate surface area is 118 Å². The quantitative estimate of drug-likeness (QED) is 0.937. The fraction of sp³-hybridized carbons (Fsp3) is 0.167. The molecule has 0 radical (unpaired) electrons. The average molecular weight is 302 g/mol. The molecule has 18 heavy (non-hydrogen) atoms. The van der Waals surface area contributed by atoms with E-state index in [-0.39, 0.29) is 6.42 Å². The van der Waals surface area contributed by atoms with E-state index in [2.05, 4.69) is 4.98 Å². The van der Waals surface area contributed by atoms with Gasteiger partial charge in [-0.2, -0.15) is 0 Å². The predicted molar refractivity (Wildman–Crippen MR) is 72.7 cm³/mol. The molecule has 0 saturated carbocycles. The number of aromatic nitrogens is 1. The van der Waals surface area contributed by atoms with Gasteiger partial charge in [-0.1, -0.05) is 29.3 Å². The number of aliphatic carboxylic acids is 1. The second-order valence-corrected chi connectivity index (χ2v) is 5.50. The van der Waals surface area contributed by atoms with Gasteiger partial charge in [-0.05, 0) is 17.7 Å². The van der Waals surface area contributed by atoms with E-state index in [0.717, 1.165) is 10.6 Å². The number of carbonyl (C=O) groups is 1. The summed E-state index contributed by atoms with van der Waals surface area (Å²) < 4.78 is 0. The molecule has 0 unspecified atom stereocenters. The smallest absolute Gasteiger partial charge is 0.309 e. The molecule has 2 aromatic rings. The van der Waals surface area contributed by atoms with Crippen LogP contribution < -0.4 is 0 Å². The van der Waals surface area contributed by atoms with Crippen LogP contribution in [0.4, 0.5) is 0 Å². The molecule has 94 valence electrons. The van der Waals surface area contributed by atoms with Gasteiger partial charge in [-0.3, -0.25) is 4.79 Å². The van der Waals surface area contributed by atoms with Gasteiger partial charge in [-0.25, -0.2) is 4.98 Å². The molecule has 1 heterocycles. The van der Waals surface area contributed by atoms with E-state index in [1.807, 2.05) is 6.07 Å². The van der Waals surface area contributed by atoms with Crippen LogP contribution in [0.25, 0.3) is 0 Å². The lowest BCUT2D eigenvalue weighted by Crippen LogP contribution is -2.00. The van der Waals surface area contributed by atoms with Crippen LogP contribution in [0.3, 0.4) is 0 Å². The van der Waals surface area contributed by atoms with Gasteiger partial charge >= 0.3 is 5.97 Å². The van der Waals surface area contributed by atoms with Gasteiger partial charge in [0.15, 0.2) is 0 Å². The molecule has 0 bridgehead atoms. The molecule has 1 aromatic carbocycles. The second kappa shape index (κ2) is 5.69. The highest BCUT2D eigenvalue weighted by atomic mass is 35.5. The van der Waals surface area contributed by atoms with E-state index < -0.39 is 5.97 Å². The minimum Gasteiger partial charge on any atom is -0.481 e. The maximum Gasteiger partial charge on any atom is 0.309 e. The van der Waals surface area contributed by atoms with E-state index in [0.29, 0.717) is 22.2 Å². The third-order valence-electron chi connectivity index (χ3n) is 2.29. The van der Waals surface area contributed by atoms with Gasteiger partial charge in [0.05, 0.1) is 17.1 Å². The lowest BCUT2D eigenvalue weighted by Gasteiger charge is -2.02.